The molecule has 122 valence electrons. The number of carbonyl (C=O) groups is 2. The molecule has 0 N–H and O–H groups in total. The van der Waals surface area contributed by atoms with Gasteiger partial charge in [-0.2, -0.15) is 5.10 Å². The summed E-state index contributed by atoms with van der Waals surface area (Å²) in [6, 6.07) is 5.67. The van der Waals surface area contributed by atoms with Gasteiger partial charge in [0.2, 0.25) is 5.91 Å². The summed E-state index contributed by atoms with van der Waals surface area (Å²) in [7, 11) is 0. The molecule has 0 aromatic carbocycles. The lowest BCUT2D eigenvalue weighted by Gasteiger charge is -2.17. The minimum absolute atomic E-state index is 0.0801. The molecular formula is C16H19N3O3S. The Labute approximate surface area is 138 Å². The molecule has 7 heteroatoms. The van der Waals surface area contributed by atoms with E-state index in [0.717, 1.165) is 17.3 Å². The van der Waals surface area contributed by atoms with Gasteiger partial charge in [-0.25, -0.2) is 4.68 Å². The van der Waals surface area contributed by atoms with Crippen LogP contribution in [0, 0.1) is 12.8 Å². The summed E-state index contributed by atoms with van der Waals surface area (Å²) in [5, 5.41) is 4.39. The van der Waals surface area contributed by atoms with Crippen LogP contribution in [-0.2, 0) is 16.1 Å². The number of aromatic nitrogens is 2. The summed E-state index contributed by atoms with van der Waals surface area (Å²) in [5.41, 5.74) is 0. The number of amides is 1. The molecule has 0 bridgehead atoms. The second-order valence-corrected chi connectivity index (χ2v) is 6.93. The summed E-state index contributed by atoms with van der Waals surface area (Å²) < 4.78 is 7.36. The van der Waals surface area contributed by atoms with E-state index in [9.17, 15) is 9.59 Å². The molecular weight excluding hydrogens is 314 g/mol. The maximum atomic E-state index is 12.3. The van der Waals surface area contributed by atoms with Gasteiger partial charge in [0, 0.05) is 31.7 Å². The van der Waals surface area contributed by atoms with Crippen molar-refractivity contribution in [3.8, 4) is 0 Å². The highest BCUT2D eigenvalue weighted by Gasteiger charge is 2.32. The molecule has 3 heterocycles. The maximum Gasteiger partial charge on any atom is 0.228 e. The fraction of sp³-hybridized carbons (Fsp3) is 0.438. The van der Waals surface area contributed by atoms with Crippen LogP contribution in [-0.4, -0.2) is 33.1 Å². The molecule has 0 radical (unpaired) electrons. The van der Waals surface area contributed by atoms with E-state index in [1.54, 1.807) is 22.7 Å². The normalized spacial score (nSPS) is 17.9. The molecule has 0 spiro atoms. The first-order valence-electron chi connectivity index (χ1n) is 7.54. The van der Waals surface area contributed by atoms with Gasteiger partial charge in [0.1, 0.15) is 23.9 Å². The van der Waals surface area contributed by atoms with Gasteiger partial charge in [0.25, 0.3) is 0 Å². The van der Waals surface area contributed by atoms with Crippen molar-refractivity contribution in [3.63, 3.8) is 0 Å². The Morgan fingerprint density at radius 3 is 2.96 bits per heavy atom. The molecule has 1 aliphatic heterocycles. The van der Waals surface area contributed by atoms with Crippen LogP contribution in [0.4, 0.5) is 5.82 Å². The lowest BCUT2D eigenvalue weighted by atomic mass is 10.1. The van der Waals surface area contributed by atoms with Crippen LogP contribution in [0.2, 0.25) is 0 Å². The van der Waals surface area contributed by atoms with Crippen LogP contribution in [0.15, 0.2) is 28.8 Å². The van der Waals surface area contributed by atoms with E-state index in [4.69, 9.17) is 4.42 Å². The highest BCUT2D eigenvalue weighted by atomic mass is 32.2. The number of rotatable bonds is 5. The topological polar surface area (TPSA) is 68.3 Å². The lowest BCUT2D eigenvalue weighted by Crippen LogP contribution is -2.27. The van der Waals surface area contributed by atoms with Crippen LogP contribution >= 0.6 is 11.8 Å². The van der Waals surface area contributed by atoms with Gasteiger partial charge in [-0.05, 0) is 25.0 Å². The molecule has 6 nitrogen and oxygen atoms in total. The zero-order valence-corrected chi connectivity index (χ0v) is 14.0. The van der Waals surface area contributed by atoms with E-state index < -0.39 is 0 Å². The molecule has 0 saturated carbocycles. The average Bonchev–Trinajstić information content (AvgIpc) is 3.18. The Balaban J connectivity index is 1.71. The zero-order chi connectivity index (χ0) is 16.4. The largest absolute Gasteiger partial charge is 0.464 e. The van der Waals surface area contributed by atoms with Crippen molar-refractivity contribution in [2.45, 2.75) is 26.8 Å². The fourth-order valence-electron chi connectivity index (χ4n) is 2.74. The second kappa shape index (κ2) is 6.62. The second-order valence-electron chi connectivity index (χ2n) is 5.74. The summed E-state index contributed by atoms with van der Waals surface area (Å²) in [6.07, 6.45) is 2.17. The Morgan fingerprint density at radius 2 is 2.26 bits per heavy atom. The molecule has 1 amide bonds. The third kappa shape index (κ3) is 3.67. The third-order valence-corrected chi connectivity index (χ3v) is 4.84. The first-order valence-corrected chi connectivity index (χ1v) is 8.52. The van der Waals surface area contributed by atoms with E-state index in [0.29, 0.717) is 25.3 Å². The average molecular weight is 333 g/mol. The van der Waals surface area contributed by atoms with Crippen molar-refractivity contribution in [1.82, 2.24) is 9.78 Å². The number of carbonyl (C=O) groups excluding carboxylic acids is 2. The molecule has 1 unspecified atom stereocenters. The number of aryl methyl sites for hydroxylation is 1. The van der Waals surface area contributed by atoms with Gasteiger partial charge < -0.3 is 4.42 Å². The molecule has 1 fully saturated rings. The fourth-order valence-corrected chi connectivity index (χ4v) is 3.44. The standard InChI is InChI=1S/C16H19N3O3S/c1-11-3-4-14(22-11)9-19-15(5-6-17-19)18-8-13(7-16(18)21)10-23-12(2)20/h3-6,13H,7-10H2,1-2H3. The molecule has 3 rings (SSSR count). The number of thioether (sulfide) groups is 1. The van der Waals surface area contributed by atoms with Crippen molar-refractivity contribution in [1.29, 1.82) is 0 Å². The van der Waals surface area contributed by atoms with Gasteiger partial charge in [-0.15, -0.1) is 0 Å². The first-order chi connectivity index (χ1) is 11.0. The van der Waals surface area contributed by atoms with E-state index >= 15 is 0 Å². The number of hydrogen-bond acceptors (Lipinski definition) is 5. The number of nitrogens with zero attached hydrogens (tertiary/aromatic N) is 3. The van der Waals surface area contributed by atoms with Crippen molar-refractivity contribution >= 4 is 28.6 Å². The van der Waals surface area contributed by atoms with Crippen LogP contribution in [0.3, 0.4) is 0 Å². The van der Waals surface area contributed by atoms with Crippen LogP contribution in [0.25, 0.3) is 0 Å². The molecule has 1 aliphatic rings. The van der Waals surface area contributed by atoms with Crippen LogP contribution in [0.1, 0.15) is 24.9 Å². The van der Waals surface area contributed by atoms with Crippen molar-refractivity contribution < 1.29 is 14.0 Å². The van der Waals surface area contributed by atoms with E-state index in [1.165, 1.54) is 11.8 Å². The van der Waals surface area contributed by atoms with Gasteiger partial charge in [-0.1, -0.05) is 11.8 Å². The molecule has 1 atom stereocenters. The van der Waals surface area contributed by atoms with Gasteiger partial charge in [-0.3, -0.25) is 14.5 Å². The third-order valence-electron chi connectivity index (χ3n) is 3.80. The SMILES string of the molecule is CC(=O)SCC1CC(=O)N(c2ccnn2Cc2ccc(C)o2)C1. The van der Waals surface area contributed by atoms with Gasteiger partial charge in [0.15, 0.2) is 5.12 Å². The summed E-state index contributed by atoms with van der Waals surface area (Å²) >= 11 is 1.28. The van der Waals surface area contributed by atoms with Crippen molar-refractivity contribution in [2.24, 2.45) is 5.92 Å². The molecule has 2 aromatic rings. The zero-order valence-electron chi connectivity index (χ0n) is 13.2. The first kappa shape index (κ1) is 15.9. The highest BCUT2D eigenvalue weighted by molar-refractivity contribution is 8.13. The van der Waals surface area contributed by atoms with Crippen molar-refractivity contribution in [3.05, 3.63) is 35.9 Å². The lowest BCUT2D eigenvalue weighted by molar-refractivity contribution is -0.117. The minimum Gasteiger partial charge on any atom is -0.464 e. The molecule has 0 aliphatic carbocycles. The predicted molar refractivity (Wildman–Crippen MR) is 88.4 cm³/mol. The monoisotopic (exact) mass is 333 g/mol. The Bertz CT molecular complexity index is 722. The molecule has 1 saturated heterocycles. The van der Waals surface area contributed by atoms with E-state index in [-0.39, 0.29) is 16.9 Å². The Morgan fingerprint density at radius 1 is 1.43 bits per heavy atom. The highest BCUT2D eigenvalue weighted by Crippen LogP contribution is 2.27. The number of anilines is 1. The van der Waals surface area contributed by atoms with E-state index in [2.05, 4.69) is 5.10 Å². The molecule has 2 aromatic heterocycles. The predicted octanol–water partition coefficient (Wildman–Crippen LogP) is 2.47. The van der Waals surface area contributed by atoms with Crippen LogP contribution in [0.5, 0.6) is 0 Å². The minimum atomic E-state index is 0.0801. The van der Waals surface area contributed by atoms with Gasteiger partial charge >= 0.3 is 0 Å². The Hall–Kier alpha value is -2.02. The van der Waals surface area contributed by atoms with Crippen LogP contribution < -0.4 is 4.90 Å². The number of hydrogen-bond donors (Lipinski definition) is 0. The summed E-state index contributed by atoms with van der Waals surface area (Å²) in [4.78, 5) is 25.2. The Kier molecular flexibility index (Phi) is 4.56. The van der Waals surface area contributed by atoms with E-state index in [1.807, 2.05) is 25.1 Å². The number of furan rings is 1. The maximum absolute atomic E-state index is 12.3. The summed E-state index contributed by atoms with van der Waals surface area (Å²) in [5.74, 6) is 3.40. The quantitative estimate of drug-likeness (QED) is 0.841. The van der Waals surface area contributed by atoms with Gasteiger partial charge in [0.05, 0.1) is 6.20 Å². The van der Waals surface area contributed by atoms with Crippen molar-refractivity contribution in [2.75, 3.05) is 17.2 Å². The smallest absolute Gasteiger partial charge is 0.228 e. The summed E-state index contributed by atoms with van der Waals surface area (Å²) in [6.45, 7) is 4.57. The molecule has 23 heavy (non-hydrogen) atoms.